The van der Waals surface area contributed by atoms with Crippen LogP contribution in [0, 0.1) is 0 Å². The van der Waals surface area contributed by atoms with Gasteiger partial charge in [-0.25, -0.2) is 0 Å². The zero-order valence-corrected chi connectivity index (χ0v) is 20.5. The number of halogens is 1. The molecule has 0 spiro atoms. The van der Waals surface area contributed by atoms with Gasteiger partial charge >= 0.3 is 5.97 Å². The summed E-state index contributed by atoms with van der Waals surface area (Å²) >= 11 is 0. The molecule has 2 aromatic carbocycles. The quantitative estimate of drug-likeness (QED) is 0.444. The van der Waals surface area contributed by atoms with E-state index in [0.29, 0.717) is 6.04 Å². The van der Waals surface area contributed by atoms with Crippen molar-refractivity contribution in [2.24, 2.45) is 0 Å². The number of aliphatic carboxylic acids is 1. The normalized spacial score (nSPS) is 21.5. The fraction of sp³-hybridized carbons (Fsp3) is 0.500. The molecule has 2 aromatic rings. The third-order valence-electron chi connectivity index (χ3n) is 7.61. The molecule has 0 amide bonds. The van der Waals surface area contributed by atoms with E-state index in [1.807, 2.05) is 6.07 Å². The first kappa shape index (κ1) is 24.5. The largest absolute Gasteiger partial charge is 1.00 e. The number of fused-ring (bicyclic) bond motifs is 5. The summed E-state index contributed by atoms with van der Waals surface area (Å²) in [7, 11) is 3.40. The van der Waals surface area contributed by atoms with E-state index < -0.39 is 5.97 Å². The third-order valence-corrected chi connectivity index (χ3v) is 7.61. The van der Waals surface area contributed by atoms with Crippen molar-refractivity contribution < 1.29 is 45.7 Å². The van der Waals surface area contributed by atoms with Gasteiger partial charge in [0.25, 0.3) is 0 Å². The van der Waals surface area contributed by atoms with E-state index in [9.17, 15) is 4.79 Å². The number of carboxylic acid groups (broad SMARTS) is 1. The second kappa shape index (κ2) is 9.92. The molecule has 3 aliphatic heterocycles. The van der Waals surface area contributed by atoms with Gasteiger partial charge in [-0.05, 0) is 48.6 Å². The molecule has 1 N–H and O–H groups in total. The molecule has 0 radical (unpaired) electrons. The summed E-state index contributed by atoms with van der Waals surface area (Å²) in [5.41, 5.74) is 5.26. The lowest BCUT2D eigenvalue weighted by Gasteiger charge is -2.51. The van der Waals surface area contributed by atoms with Crippen LogP contribution in [0.15, 0.2) is 24.3 Å². The highest BCUT2D eigenvalue weighted by Gasteiger charge is 2.47. The van der Waals surface area contributed by atoms with Crippen LogP contribution < -0.4 is 31.4 Å². The Morgan fingerprint density at radius 3 is 2.62 bits per heavy atom. The number of quaternary nitrogens is 1. The molecule has 8 heteroatoms. The standard InChI is InChI=1S/C26H31NO6.ClH/c1-30-22-8-7-17-12-21-19-14-24-23(32-16-33-24)13-18(19)9-11-27(21,15-20(17)26(22)31-2)10-5-3-4-6-25(28)29;/h7-8,13-14,21H,3-6,9-12,15-16H2,1-2H3;1H. The van der Waals surface area contributed by atoms with E-state index in [-0.39, 0.29) is 25.6 Å². The second-order valence-electron chi connectivity index (χ2n) is 9.34. The minimum atomic E-state index is -0.716. The predicted octanol–water partition coefficient (Wildman–Crippen LogP) is 1.25. The summed E-state index contributed by atoms with van der Waals surface area (Å²) in [6.45, 7) is 3.22. The smallest absolute Gasteiger partial charge is 0.303 e. The topological polar surface area (TPSA) is 74.2 Å². The van der Waals surface area contributed by atoms with Crippen LogP contribution in [0.5, 0.6) is 23.0 Å². The maximum atomic E-state index is 10.9. The second-order valence-corrected chi connectivity index (χ2v) is 9.34. The molecule has 0 saturated carbocycles. The molecular formula is C26H32ClNO6. The number of hydrogen-bond donors (Lipinski definition) is 1. The monoisotopic (exact) mass is 489 g/mol. The number of nitrogens with zero attached hydrogens (tertiary/aromatic N) is 1. The van der Waals surface area contributed by atoms with Gasteiger partial charge in [0.2, 0.25) is 6.79 Å². The van der Waals surface area contributed by atoms with E-state index in [0.717, 1.165) is 79.2 Å². The molecule has 184 valence electrons. The molecule has 3 heterocycles. The lowest BCUT2D eigenvalue weighted by molar-refractivity contribution is -0.973. The highest BCUT2D eigenvalue weighted by atomic mass is 35.5. The summed E-state index contributed by atoms with van der Waals surface area (Å²) in [6, 6.07) is 8.88. The van der Waals surface area contributed by atoms with Crippen LogP contribution in [0.4, 0.5) is 0 Å². The van der Waals surface area contributed by atoms with Crippen molar-refractivity contribution in [3.05, 3.63) is 46.5 Å². The lowest BCUT2D eigenvalue weighted by atomic mass is 9.80. The fourth-order valence-corrected chi connectivity index (χ4v) is 5.96. The average molecular weight is 490 g/mol. The van der Waals surface area contributed by atoms with Crippen molar-refractivity contribution in [3.8, 4) is 23.0 Å². The number of rotatable bonds is 8. The Morgan fingerprint density at radius 1 is 1.09 bits per heavy atom. The Kier molecular flexibility index (Phi) is 7.14. The molecular weight excluding hydrogens is 458 g/mol. The van der Waals surface area contributed by atoms with Gasteiger partial charge in [-0.2, -0.15) is 0 Å². The number of carbonyl (C=O) groups is 1. The van der Waals surface area contributed by atoms with E-state index >= 15 is 0 Å². The van der Waals surface area contributed by atoms with E-state index in [2.05, 4.69) is 18.2 Å². The molecule has 2 atom stereocenters. The first-order valence-electron chi connectivity index (χ1n) is 11.8. The Bertz CT molecular complexity index is 1070. The van der Waals surface area contributed by atoms with Crippen LogP contribution in [0.1, 0.15) is 54.0 Å². The summed E-state index contributed by atoms with van der Waals surface area (Å²) in [6.07, 6.45) is 4.81. The van der Waals surface area contributed by atoms with Crippen LogP contribution >= 0.6 is 0 Å². The highest BCUT2D eigenvalue weighted by molar-refractivity contribution is 5.66. The van der Waals surface area contributed by atoms with Gasteiger partial charge in [-0.3, -0.25) is 4.79 Å². The molecule has 0 saturated heterocycles. The van der Waals surface area contributed by atoms with Crippen LogP contribution in [-0.4, -0.2) is 49.7 Å². The van der Waals surface area contributed by atoms with Gasteiger partial charge < -0.3 is 40.9 Å². The van der Waals surface area contributed by atoms with E-state index in [4.69, 9.17) is 24.1 Å². The molecule has 0 bridgehead atoms. The van der Waals surface area contributed by atoms with Crippen molar-refractivity contribution in [1.29, 1.82) is 0 Å². The average Bonchev–Trinajstić information content (AvgIpc) is 3.28. The Morgan fingerprint density at radius 2 is 1.88 bits per heavy atom. The minimum absolute atomic E-state index is 0. The zero-order valence-electron chi connectivity index (χ0n) is 19.8. The summed E-state index contributed by atoms with van der Waals surface area (Å²) in [5, 5.41) is 9.00. The summed E-state index contributed by atoms with van der Waals surface area (Å²) < 4.78 is 23.7. The molecule has 5 rings (SSSR count). The molecule has 7 nitrogen and oxygen atoms in total. The Labute approximate surface area is 206 Å². The SMILES string of the molecule is COc1ccc2c(c1OC)C[N+]1(CCCCCC(=O)O)CCc3cc4c(cc3C1C2)OCO4.[Cl-]. The third kappa shape index (κ3) is 4.27. The van der Waals surface area contributed by atoms with Crippen LogP contribution in [-0.2, 0) is 24.2 Å². The summed E-state index contributed by atoms with van der Waals surface area (Å²) in [4.78, 5) is 10.9. The molecule has 0 fully saturated rings. The van der Waals surface area contributed by atoms with Crippen molar-refractivity contribution >= 4 is 5.97 Å². The molecule has 0 aliphatic carbocycles. The Balaban J connectivity index is 0.00000274. The summed E-state index contributed by atoms with van der Waals surface area (Å²) in [5.74, 6) is 2.59. The van der Waals surface area contributed by atoms with Gasteiger partial charge in [-0.1, -0.05) is 6.07 Å². The van der Waals surface area contributed by atoms with Crippen molar-refractivity contribution in [2.75, 3.05) is 34.1 Å². The Hall–Kier alpha value is -2.64. The number of unbranched alkanes of at least 4 members (excludes halogenated alkanes) is 2. The number of ether oxygens (including phenoxy) is 4. The van der Waals surface area contributed by atoms with Gasteiger partial charge in [0, 0.05) is 24.8 Å². The number of hydrogen-bond acceptors (Lipinski definition) is 5. The number of benzene rings is 2. The highest BCUT2D eigenvalue weighted by Crippen LogP contribution is 2.50. The van der Waals surface area contributed by atoms with E-state index in [1.54, 1.807) is 14.2 Å². The maximum absolute atomic E-state index is 10.9. The van der Waals surface area contributed by atoms with Gasteiger partial charge in [0.15, 0.2) is 23.0 Å². The first-order chi connectivity index (χ1) is 16.0. The zero-order chi connectivity index (χ0) is 23.0. The number of carboxylic acids is 1. The molecule has 2 unspecified atom stereocenters. The van der Waals surface area contributed by atoms with Gasteiger partial charge in [-0.15, -0.1) is 0 Å². The predicted molar refractivity (Wildman–Crippen MR) is 122 cm³/mol. The molecule has 0 aromatic heterocycles. The van der Waals surface area contributed by atoms with Crippen LogP contribution in [0.2, 0.25) is 0 Å². The van der Waals surface area contributed by atoms with Crippen molar-refractivity contribution in [3.63, 3.8) is 0 Å². The maximum Gasteiger partial charge on any atom is 0.303 e. The van der Waals surface area contributed by atoms with Crippen molar-refractivity contribution in [2.45, 2.75) is 51.1 Å². The van der Waals surface area contributed by atoms with Gasteiger partial charge in [0.1, 0.15) is 12.6 Å². The molecule has 34 heavy (non-hydrogen) atoms. The molecule has 3 aliphatic rings. The minimum Gasteiger partial charge on any atom is -1.00 e. The lowest BCUT2D eigenvalue weighted by Crippen LogP contribution is -3.00. The number of methoxy groups -OCH3 is 2. The first-order valence-corrected chi connectivity index (χ1v) is 11.8. The van der Waals surface area contributed by atoms with Crippen molar-refractivity contribution in [1.82, 2.24) is 0 Å². The van der Waals surface area contributed by atoms with Crippen LogP contribution in [0.25, 0.3) is 0 Å². The van der Waals surface area contributed by atoms with Gasteiger partial charge in [0.05, 0.1) is 32.9 Å². The van der Waals surface area contributed by atoms with E-state index in [1.165, 1.54) is 22.3 Å². The van der Waals surface area contributed by atoms with Crippen LogP contribution in [0.3, 0.4) is 0 Å². The fourth-order valence-electron chi connectivity index (χ4n) is 5.96.